The van der Waals surface area contributed by atoms with E-state index in [0.29, 0.717) is 5.92 Å². The fourth-order valence-electron chi connectivity index (χ4n) is 2.12. The normalized spacial score (nSPS) is 36.1. The van der Waals surface area contributed by atoms with Gasteiger partial charge in [-0.25, -0.2) is 13.1 Å². The van der Waals surface area contributed by atoms with E-state index < -0.39 is 10.0 Å². The molecule has 0 bridgehead atoms. The van der Waals surface area contributed by atoms with Crippen molar-refractivity contribution in [3.8, 4) is 0 Å². The second-order valence-corrected chi connectivity index (χ2v) is 6.17. The van der Waals surface area contributed by atoms with Crippen molar-refractivity contribution >= 4 is 10.0 Å². The Morgan fingerprint density at radius 2 is 1.85 bits per heavy atom. The average Bonchev–Trinajstić information content (AvgIpc) is 1.93. The largest absolute Gasteiger partial charge is 0.213 e. The Hall–Kier alpha value is -0.0900. The number of rotatable bonds is 2. The Balaban J connectivity index is 2.52. The summed E-state index contributed by atoms with van der Waals surface area (Å²) in [6.45, 7) is 4.35. The first-order valence-electron chi connectivity index (χ1n) is 4.86. The van der Waals surface area contributed by atoms with Crippen LogP contribution in [0.2, 0.25) is 0 Å². The maximum absolute atomic E-state index is 11.0. The second kappa shape index (κ2) is 3.96. The van der Waals surface area contributed by atoms with E-state index in [-0.39, 0.29) is 6.04 Å². The summed E-state index contributed by atoms with van der Waals surface area (Å²) < 4.78 is 24.7. The van der Waals surface area contributed by atoms with Gasteiger partial charge in [0.2, 0.25) is 10.0 Å². The summed E-state index contributed by atoms with van der Waals surface area (Å²) in [5.74, 6) is 1.21. The molecule has 1 N–H and O–H groups in total. The fraction of sp³-hybridized carbons (Fsp3) is 1.00. The third kappa shape index (κ3) is 3.65. The average molecular weight is 205 g/mol. The number of sulfonamides is 1. The first-order valence-corrected chi connectivity index (χ1v) is 6.75. The van der Waals surface area contributed by atoms with Crippen LogP contribution in [0.1, 0.15) is 33.1 Å². The minimum atomic E-state index is -3.02. The second-order valence-electron chi connectivity index (χ2n) is 4.39. The third-order valence-electron chi connectivity index (χ3n) is 2.80. The van der Waals surface area contributed by atoms with Crippen LogP contribution in [0.3, 0.4) is 0 Å². The predicted octanol–water partition coefficient (Wildman–Crippen LogP) is 1.36. The van der Waals surface area contributed by atoms with Crippen LogP contribution < -0.4 is 4.72 Å². The first-order chi connectivity index (χ1) is 5.88. The van der Waals surface area contributed by atoms with Gasteiger partial charge in [-0.1, -0.05) is 13.8 Å². The van der Waals surface area contributed by atoms with Gasteiger partial charge in [0.05, 0.1) is 6.26 Å². The van der Waals surface area contributed by atoms with Crippen LogP contribution in [-0.2, 0) is 10.0 Å². The third-order valence-corrected chi connectivity index (χ3v) is 3.53. The van der Waals surface area contributed by atoms with Crippen LogP contribution >= 0.6 is 0 Å². The molecule has 0 aliphatic heterocycles. The lowest BCUT2D eigenvalue weighted by molar-refractivity contribution is 0.249. The van der Waals surface area contributed by atoms with Gasteiger partial charge in [-0.3, -0.25) is 0 Å². The van der Waals surface area contributed by atoms with E-state index in [1.54, 1.807) is 0 Å². The minimum Gasteiger partial charge on any atom is -0.213 e. The molecule has 0 radical (unpaired) electrons. The lowest BCUT2D eigenvalue weighted by Gasteiger charge is -2.32. The Morgan fingerprint density at radius 3 is 2.31 bits per heavy atom. The summed E-state index contributed by atoms with van der Waals surface area (Å²) in [7, 11) is -3.02. The van der Waals surface area contributed by atoms with Gasteiger partial charge in [0, 0.05) is 6.04 Å². The number of nitrogens with one attached hydrogen (secondary N) is 1. The van der Waals surface area contributed by atoms with Crippen molar-refractivity contribution in [3.63, 3.8) is 0 Å². The summed E-state index contributed by atoms with van der Waals surface area (Å²) in [6, 6.07) is 0.159. The highest BCUT2D eigenvalue weighted by Gasteiger charge is 2.26. The van der Waals surface area contributed by atoms with Crippen LogP contribution in [0.15, 0.2) is 0 Å². The zero-order valence-corrected chi connectivity index (χ0v) is 9.39. The molecule has 1 rings (SSSR count). The first kappa shape index (κ1) is 11.0. The van der Waals surface area contributed by atoms with Gasteiger partial charge in [-0.15, -0.1) is 0 Å². The molecule has 0 spiro atoms. The maximum atomic E-state index is 11.0. The van der Waals surface area contributed by atoms with Crippen LogP contribution in [0, 0.1) is 11.8 Å². The highest BCUT2D eigenvalue weighted by atomic mass is 32.2. The molecule has 78 valence electrons. The lowest BCUT2D eigenvalue weighted by atomic mass is 9.80. The van der Waals surface area contributed by atoms with E-state index in [1.165, 1.54) is 6.26 Å². The van der Waals surface area contributed by atoms with Gasteiger partial charge < -0.3 is 0 Å². The van der Waals surface area contributed by atoms with Crippen LogP contribution in [0.5, 0.6) is 0 Å². The van der Waals surface area contributed by atoms with Crippen LogP contribution in [-0.4, -0.2) is 20.7 Å². The van der Waals surface area contributed by atoms with E-state index in [0.717, 1.165) is 25.2 Å². The van der Waals surface area contributed by atoms with Gasteiger partial charge in [-0.05, 0) is 31.1 Å². The van der Waals surface area contributed by atoms with Gasteiger partial charge in [0.1, 0.15) is 0 Å². The van der Waals surface area contributed by atoms with Crippen molar-refractivity contribution in [1.82, 2.24) is 4.72 Å². The topological polar surface area (TPSA) is 46.2 Å². The molecule has 1 fully saturated rings. The molecule has 0 aromatic rings. The number of hydrogen-bond donors (Lipinski definition) is 1. The molecule has 0 amide bonds. The zero-order valence-electron chi connectivity index (χ0n) is 8.58. The van der Waals surface area contributed by atoms with Gasteiger partial charge in [0.25, 0.3) is 0 Å². The molecule has 0 saturated heterocycles. The lowest BCUT2D eigenvalue weighted by Crippen LogP contribution is -2.41. The molecule has 0 heterocycles. The zero-order chi connectivity index (χ0) is 10.1. The molecule has 4 heteroatoms. The van der Waals surface area contributed by atoms with Crippen LogP contribution in [0.25, 0.3) is 0 Å². The van der Waals surface area contributed by atoms with E-state index in [2.05, 4.69) is 18.6 Å². The van der Waals surface area contributed by atoms with Crippen molar-refractivity contribution in [2.45, 2.75) is 39.2 Å². The summed E-state index contributed by atoms with van der Waals surface area (Å²) in [5.41, 5.74) is 0. The Morgan fingerprint density at radius 1 is 1.23 bits per heavy atom. The van der Waals surface area contributed by atoms with E-state index >= 15 is 0 Å². The van der Waals surface area contributed by atoms with E-state index in [9.17, 15) is 8.42 Å². The standard InChI is InChI=1S/C9H19NO2S/c1-7-4-5-9(8(2)6-7)10-13(3,11)12/h7-10H,4-6H2,1-3H3. The van der Waals surface area contributed by atoms with Crippen LogP contribution in [0.4, 0.5) is 0 Å². The molecule has 3 unspecified atom stereocenters. The number of hydrogen-bond acceptors (Lipinski definition) is 2. The summed E-state index contributed by atoms with van der Waals surface area (Å²) in [5, 5.41) is 0. The molecule has 0 aromatic carbocycles. The van der Waals surface area contributed by atoms with Gasteiger partial charge in [0.15, 0.2) is 0 Å². The quantitative estimate of drug-likeness (QED) is 0.740. The minimum absolute atomic E-state index is 0.159. The maximum Gasteiger partial charge on any atom is 0.208 e. The Labute approximate surface area is 81.0 Å². The molecule has 3 atom stereocenters. The molecule has 0 aromatic heterocycles. The molecular weight excluding hydrogens is 186 g/mol. The SMILES string of the molecule is CC1CCC(NS(C)(=O)=O)C(C)C1. The smallest absolute Gasteiger partial charge is 0.208 e. The Bertz CT molecular complexity index is 261. The monoisotopic (exact) mass is 205 g/mol. The van der Waals surface area contributed by atoms with Crippen molar-refractivity contribution in [2.75, 3.05) is 6.26 Å². The van der Waals surface area contributed by atoms with E-state index in [1.807, 2.05) is 0 Å². The molecular formula is C9H19NO2S. The van der Waals surface area contributed by atoms with Crippen molar-refractivity contribution in [1.29, 1.82) is 0 Å². The highest BCUT2D eigenvalue weighted by Crippen LogP contribution is 2.28. The van der Waals surface area contributed by atoms with Gasteiger partial charge >= 0.3 is 0 Å². The highest BCUT2D eigenvalue weighted by molar-refractivity contribution is 7.88. The molecule has 1 saturated carbocycles. The van der Waals surface area contributed by atoms with E-state index in [4.69, 9.17) is 0 Å². The van der Waals surface area contributed by atoms with Crippen molar-refractivity contribution in [2.24, 2.45) is 11.8 Å². The van der Waals surface area contributed by atoms with Gasteiger partial charge in [-0.2, -0.15) is 0 Å². The molecule has 13 heavy (non-hydrogen) atoms. The summed E-state index contributed by atoms with van der Waals surface area (Å²) in [6.07, 6.45) is 4.48. The molecule has 3 nitrogen and oxygen atoms in total. The Kier molecular flexibility index (Phi) is 3.35. The summed E-state index contributed by atoms with van der Waals surface area (Å²) in [4.78, 5) is 0. The fourth-order valence-corrected chi connectivity index (χ4v) is 3.02. The molecule has 1 aliphatic rings. The predicted molar refractivity (Wildman–Crippen MR) is 53.9 cm³/mol. The summed E-state index contributed by atoms with van der Waals surface area (Å²) >= 11 is 0. The van der Waals surface area contributed by atoms with Crippen molar-refractivity contribution in [3.05, 3.63) is 0 Å². The van der Waals surface area contributed by atoms with Crippen molar-refractivity contribution < 1.29 is 8.42 Å². The molecule has 1 aliphatic carbocycles.